The van der Waals surface area contributed by atoms with E-state index in [0.717, 1.165) is 12.3 Å². The smallest absolute Gasteiger partial charge is 0.333 e. The summed E-state index contributed by atoms with van der Waals surface area (Å²) in [6.45, 7) is -0.789. The minimum atomic E-state index is -3.86. The Balaban J connectivity index is 1.10. The van der Waals surface area contributed by atoms with Crippen LogP contribution in [0.1, 0.15) is 61.0 Å². The highest BCUT2D eigenvalue weighted by atomic mass is 35.5. The number of halogens is 4. The molecule has 4 aliphatic rings. The minimum absolute atomic E-state index is 0.0781. The number of benzene rings is 1. The number of thiazole rings is 1. The van der Waals surface area contributed by atoms with Crippen molar-refractivity contribution >= 4 is 56.2 Å². The van der Waals surface area contributed by atoms with E-state index in [9.17, 15) is 36.3 Å². The number of carboxylic acid groups (broad SMARTS) is 1. The molecule has 53 heavy (non-hydrogen) atoms. The number of carbonyl (C=O) groups is 2. The molecular formula is C34H38ClF3N8O5S2. The third kappa shape index (κ3) is 8.16. The molecule has 2 aromatic heterocycles. The van der Waals surface area contributed by atoms with Crippen LogP contribution in [0.4, 0.5) is 13.2 Å². The fourth-order valence-electron chi connectivity index (χ4n) is 7.69. The first-order valence-corrected chi connectivity index (χ1v) is 20.3. The minimum Gasteiger partial charge on any atom is -0.481 e. The van der Waals surface area contributed by atoms with E-state index in [1.165, 1.54) is 29.5 Å². The standard InChI is InChI=1S/C34H38ClF3N8O5S2/c35-25-15-22(36)5-6-24(25)29-28(26-7-11-46(41-26)34(37)38)27-16-23(19-45(27)30(40-29)31-39-8-13-52-31)42-53(50,51)14-12-43-9-1-3-20(17-43)32(47)44-10-2-4-21(18-44)33(48)49/h5-8,11,13,15,20-21,23,29,34,42H,1-4,9-10,12,14,16-19H2,(H,48,49)/t20?,21?,23-,29-/m0/s1. The van der Waals surface area contributed by atoms with E-state index in [4.69, 9.17) is 16.6 Å². The van der Waals surface area contributed by atoms with E-state index in [1.807, 2.05) is 9.80 Å². The summed E-state index contributed by atoms with van der Waals surface area (Å²) < 4.78 is 72.1. The van der Waals surface area contributed by atoms with Crippen molar-refractivity contribution < 1.29 is 36.3 Å². The lowest BCUT2D eigenvalue weighted by atomic mass is 9.92. The molecule has 6 heterocycles. The molecule has 0 bridgehead atoms. The van der Waals surface area contributed by atoms with Gasteiger partial charge < -0.3 is 19.8 Å². The average Bonchev–Trinajstić information content (AvgIpc) is 3.92. The Labute approximate surface area is 313 Å². The Morgan fingerprint density at radius 1 is 1.09 bits per heavy atom. The van der Waals surface area contributed by atoms with Crippen molar-refractivity contribution in [3.63, 3.8) is 0 Å². The first kappa shape index (κ1) is 37.5. The van der Waals surface area contributed by atoms with Crippen LogP contribution in [-0.2, 0) is 19.6 Å². The first-order chi connectivity index (χ1) is 25.4. The van der Waals surface area contributed by atoms with Gasteiger partial charge in [0.15, 0.2) is 10.8 Å². The molecule has 284 valence electrons. The van der Waals surface area contributed by atoms with E-state index in [0.29, 0.717) is 77.7 Å². The number of alkyl halides is 2. The highest BCUT2D eigenvalue weighted by Gasteiger charge is 2.42. The predicted molar refractivity (Wildman–Crippen MR) is 191 cm³/mol. The van der Waals surface area contributed by atoms with Crippen LogP contribution < -0.4 is 4.72 Å². The summed E-state index contributed by atoms with van der Waals surface area (Å²) in [6.07, 6.45) is 5.48. The zero-order valence-corrected chi connectivity index (χ0v) is 30.8. The van der Waals surface area contributed by atoms with Gasteiger partial charge in [-0.05, 0) is 50.4 Å². The number of aliphatic carboxylic acids is 1. The van der Waals surface area contributed by atoms with Crippen LogP contribution in [0.5, 0.6) is 0 Å². The van der Waals surface area contributed by atoms with Gasteiger partial charge in [0.2, 0.25) is 15.9 Å². The molecule has 0 aliphatic carbocycles. The molecule has 3 aromatic rings. The Bertz CT molecular complexity index is 2030. The topological polar surface area (TPSA) is 153 Å². The lowest BCUT2D eigenvalue weighted by molar-refractivity contribution is -0.147. The van der Waals surface area contributed by atoms with Gasteiger partial charge in [0.05, 0.1) is 23.3 Å². The second-order valence-electron chi connectivity index (χ2n) is 13.7. The van der Waals surface area contributed by atoms with Gasteiger partial charge in [-0.15, -0.1) is 11.3 Å². The maximum absolute atomic E-state index is 14.2. The number of aliphatic imine (C=N–C) groups is 1. The van der Waals surface area contributed by atoms with Gasteiger partial charge in [-0.3, -0.25) is 14.6 Å². The fraction of sp³-hybridized carbons (Fsp3) is 0.500. The van der Waals surface area contributed by atoms with Gasteiger partial charge >= 0.3 is 12.5 Å². The Hall–Kier alpha value is -3.84. The number of hydrogen-bond acceptors (Lipinski definition) is 10. The molecule has 7 rings (SSSR count). The molecule has 0 radical (unpaired) electrons. The number of aromatic nitrogens is 3. The van der Waals surface area contributed by atoms with Crippen LogP contribution in [0.3, 0.4) is 0 Å². The zero-order valence-electron chi connectivity index (χ0n) is 28.5. The molecular weight excluding hydrogens is 757 g/mol. The van der Waals surface area contributed by atoms with Crippen molar-refractivity contribution in [2.75, 3.05) is 45.0 Å². The molecule has 3 saturated heterocycles. The third-order valence-corrected chi connectivity index (χ3v) is 12.7. The van der Waals surface area contributed by atoms with Crippen LogP contribution in [0.15, 0.2) is 52.7 Å². The highest BCUT2D eigenvalue weighted by molar-refractivity contribution is 7.89. The molecule has 2 N–H and O–H groups in total. The van der Waals surface area contributed by atoms with E-state index < -0.39 is 46.4 Å². The second kappa shape index (κ2) is 15.5. The number of nitrogens with one attached hydrogen (secondary N) is 1. The van der Waals surface area contributed by atoms with Gasteiger partial charge in [0, 0.05) is 84.8 Å². The fourth-order valence-corrected chi connectivity index (χ4v) is 9.89. The first-order valence-electron chi connectivity index (χ1n) is 17.4. The largest absolute Gasteiger partial charge is 0.481 e. The van der Waals surface area contributed by atoms with E-state index >= 15 is 0 Å². The van der Waals surface area contributed by atoms with Crippen molar-refractivity contribution in [3.8, 4) is 0 Å². The molecule has 1 aromatic carbocycles. The number of fused-ring (bicyclic) bond motifs is 1. The van der Waals surface area contributed by atoms with Gasteiger partial charge in [-0.2, -0.15) is 13.9 Å². The monoisotopic (exact) mass is 794 g/mol. The normalized spacial score (nSPS) is 24.1. The summed E-state index contributed by atoms with van der Waals surface area (Å²) in [7, 11) is -3.86. The maximum atomic E-state index is 14.2. The van der Waals surface area contributed by atoms with Crippen LogP contribution >= 0.6 is 22.9 Å². The molecule has 19 heteroatoms. The average molecular weight is 795 g/mol. The second-order valence-corrected chi connectivity index (χ2v) is 16.9. The Kier molecular flexibility index (Phi) is 11.0. The quantitative estimate of drug-likeness (QED) is 0.287. The number of carboxylic acids is 1. The number of amides is 1. The summed E-state index contributed by atoms with van der Waals surface area (Å²) in [5.41, 5.74) is 1.65. The van der Waals surface area contributed by atoms with Crippen LogP contribution in [0.2, 0.25) is 5.02 Å². The van der Waals surface area contributed by atoms with Crippen molar-refractivity contribution in [1.29, 1.82) is 0 Å². The van der Waals surface area contributed by atoms with Gasteiger partial charge in [0.1, 0.15) is 11.9 Å². The lowest BCUT2D eigenvalue weighted by Gasteiger charge is -2.37. The molecule has 0 spiro atoms. The number of piperidine rings is 2. The molecule has 3 fully saturated rings. The highest BCUT2D eigenvalue weighted by Crippen LogP contribution is 2.46. The van der Waals surface area contributed by atoms with E-state index in [-0.39, 0.29) is 54.3 Å². The number of hydrogen-bond donors (Lipinski definition) is 2. The summed E-state index contributed by atoms with van der Waals surface area (Å²) in [4.78, 5) is 39.7. The van der Waals surface area contributed by atoms with Crippen LogP contribution in [0.25, 0.3) is 5.57 Å². The van der Waals surface area contributed by atoms with Gasteiger partial charge in [0.25, 0.3) is 0 Å². The Morgan fingerprint density at radius 2 is 1.89 bits per heavy atom. The SMILES string of the molecule is O=C(O)C1CCCN(C(=O)C2CCCN(CCS(=O)(=O)N[C@H]3CC4=C(c5ccn(C(F)F)n5)[C@H](c5ccc(F)cc5Cl)N=C(c5nccs5)N4C3)C2)C1. The maximum Gasteiger partial charge on any atom is 0.333 e. The summed E-state index contributed by atoms with van der Waals surface area (Å²) in [5, 5.41) is 16.0. The number of rotatable bonds is 11. The van der Waals surface area contributed by atoms with E-state index in [1.54, 1.807) is 16.5 Å². The van der Waals surface area contributed by atoms with Crippen molar-refractivity contribution in [2.45, 2.75) is 50.7 Å². The summed E-state index contributed by atoms with van der Waals surface area (Å²) in [6, 6.07) is 3.78. The van der Waals surface area contributed by atoms with Crippen LogP contribution in [0, 0.1) is 17.7 Å². The van der Waals surface area contributed by atoms with Crippen molar-refractivity contribution in [3.05, 3.63) is 74.8 Å². The zero-order chi connectivity index (χ0) is 37.4. The number of sulfonamides is 1. The molecule has 2 unspecified atom stereocenters. The molecule has 0 saturated carbocycles. The third-order valence-electron chi connectivity index (χ3n) is 10.2. The number of likely N-dealkylation sites (tertiary alicyclic amines) is 2. The predicted octanol–water partition coefficient (Wildman–Crippen LogP) is 4.47. The van der Waals surface area contributed by atoms with Gasteiger partial charge in [-0.25, -0.2) is 27.2 Å². The summed E-state index contributed by atoms with van der Waals surface area (Å²) in [5.74, 6) is -2.23. The summed E-state index contributed by atoms with van der Waals surface area (Å²) >= 11 is 7.86. The lowest BCUT2D eigenvalue weighted by Crippen LogP contribution is -2.49. The van der Waals surface area contributed by atoms with Crippen molar-refractivity contribution in [2.24, 2.45) is 16.8 Å². The number of nitrogens with zero attached hydrogens (tertiary/aromatic N) is 7. The molecule has 4 aliphatic heterocycles. The molecule has 13 nitrogen and oxygen atoms in total. The van der Waals surface area contributed by atoms with E-state index in [2.05, 4.69) is 14.8 Å². The number of carbonyl (C=O) groups excluding carboxylic acids is 1. The number of amidine groups is 1. The molecule has 4 atom stereocenters. The Morgan fingerprint density at radius 3 is 2.60 bits per heavy atom. The van der Waals surface area contributed by atoms with Crippen LogP contribution in [-0.4, -0.2) is 112 Å². The van der Waals surface area contributed by atoms with Crippen molar-refractivity contribution in [1.82, 2.24) is 34.2 Å². The van der Waals surface area contributed by atoms with Gasteiger partial charge in [-0.1, -0.05) is 17.7 Å². The molecule has 1 amide bonds.